The molecule has 2 amide bonds. The number of nitrogens with zero attached hydrogens (tertiary/aromatic N) is 1. The van der Waals surface area contributed by atoms with Crippen molar-refractivity contribution in [3.05, 3.63) is 0 Å². The Hall–Kier alpha value is -0.810. The Kier molecular flexibility index (Phi) is 7.13. The van der Waals surface area contributed by atoms with E-state index in [1.807, 2.05) is 0 Å². The van der Waals surface area contributed by atoms with Crippen molar-refractivity contribution in [3.63, 3.8) is 0 Å². The van der Waals surface area contributed by atoms with Gasteiger partial charge in [-0.1, -0.05) is 19.3 Å². The lowest BCUT2D eigenvalue weighted by Gasteiger charge is -2.31. The van der Waals surface area contributed by atoms with E-state index in [0.29, 0.717) is 18.9 Å². The van der Waals surface area contributed by atoms with Crippen molar-refractivity contribution in [1.29, 1.82) is 0 Å². The highest BCUT2D eigenvalue weighted by Gasteiger charge is 2.42. The summed E-state index contributed by atoms with van der Waals surface area (Å²) in [5.74, 6) is 0.516. The lowest BCUT2D eigenvalue weighted by atomic mass is 9.84. The lowest BCUT2D eigenvalue weighted by Crippen LogP contribution is -2.47. The minimum Gasteiger partial charge on any atom is -0.355 e. The maximum absolute atomic E-state index is 12.4. The highest BCUT2D eigenvalue weighted by atomic mass is 35.5. The first-order chi connectivity index (χ1) is 9.94. The molecule has 0 bridgehead atoms. The van der Waals surface area contributed by atoms with Crippen LogP contribution in [0.5, 0.6) is 0 Å². The van der Waals surface area contributed by atoms with Crippen LogP contribution in [0.25, 0.3) is 0 Å². The van der Waals surface area contributed by atoms with Crippen molar-refractivity contribution in [1.82, 2.24) is 10.2 Å². The van der Waals surface area contributed by atoms with Crippen molar-refractivity contribution in [2.75, 3.05) is 20.6 Å². The zero-order valence-electron chi connectivity index (χ0n) is 13.8. The van der Waals surface area contributed by atoms with E-state index in [4.69, 9.17) is 5.73 Å². The Morgan fingerprint density at radius 2 is 1.82 bits per heavy atom. The normalized spacial score (nSPS) is 26.3. The quantitative estimate of drug-likeness (QED) is 0.805. The number of halogens is 1. The van der Waals surface area contributed by atoms with E-state index in [1.165, 1.54) is 0 Å². The molecular weight excluding hydrogens is 302 g/mol. The molecule has 2 atom stereocenters. The van der Waals surface area contributed by atoms with E-state index in [2.05, 4.69) is 5.32 Å². The summed E-state index contributed by atoms with van der Waals surface area (Å²) in [4.78, 5) is 26.2. The number of nitrogens with two attached hydrogens (primary N) is 1. The number of nitrogens with one attached hydrogen (secondary N) is 1. The minimum absolute atomic E-state index is 0. The fraction of sp³-hybridized carbons (Fsp3) is 0.875. The molecule has 22 heavy (non-hydrogen) atoms. The lowest BCUT2D eigenvalue weighted by molar-refractivity contribution is -0.139. The average molecular weight is 332 g/mol. The van der Waals surface area contributed by atoms with Crippen LogP contribution < -0.4 is 11.1 Å². The second kappa shape index (κ2) is 8.16. The Balaban J connectivity index is 0.00000242. The van der Waals surface area contributed by atoms with E-state index in [1.54, 1.807) is 19.0 Å². The Morgan fingerprint density at radius 1 is 1.18 bits per heavy atom. The number of carbonyl (C=O) groups is 2. The van der Waals surface area contributed by atoms with Crippen LogP contribution in [0.4, 0.5) is 0 Å². The molecule has 0 aromatic rings. The topological polar surface area (TPSA) is 75.4 Å². The molecule has 0 saturated heterocycles. The molecular formula is C16H30ClN3O2. The molecule has 0 aromatic carbocycles. The zero-order chi connectivity index (χ0) is 15.5. The van der Waals surface area contributed by atoms with Gasteiger partial charge in [0.1, 0.15) is 0 Å². The molecule has 2 saturated carbocycles. The van der Waals surface area contributed by atoms with Crippen LogP contribution in [-0.4, -0.2) is 43.4 Å². The maximum atomic E-state index is 12.4. The van der Waals surface area contributed by atoms with Gasteiger partial charge in [0.15, 0.2) is 0 Å². The summed E-state index contributed by atoms with van der Waals surface area (Å²) in [5, 5.41) is 3.01. The van der Waals surface area contributed by atoms with Crippen LogP contribution in [-0.2, 0) is 9.59 Å². The molecule has 0 radical (unpaired) electrons. The van der Waals surface area contributed by atoms with Gasteiger partial charge in [-0.25, -0.2) is 0 Å². The summed E-state index contributed by atoms with van der Waals surface area (Å²) in [6, 6.07) is 0.166. The average Bonchev–Trinajstić information content (AvgIpc) is 3.06. The van der Waals surface area contributed by atoms with Gasteiger partial charge in [0, 0.05) is 33.1 Å². The van der Waals surface area contributed by atoms with Crippen LogP contribution in [0.15, 0.2) is 0 Å². The van der Waals surface area contributed by atoms with E-state index >= 15 is 0 Å². The molecule has 5 nitrogen and oxygen atoms in total. The zero-order valence-corrected chi connectivity index (χ0v) is 14.6. The molecule has 3 N–H and O–H groups in total. The predicted octanol–water partition coefficient (Wildman–Crippen LogP) is 1.69. The second-order valence-corrected chi connectivity index (χ2v) is 7.02. The molecule has 2 fully saturated rings. The van der Waals surface area contributed by atoms with Crippen LogP contribution in [0, 0.1) is 11.3 Å². The first kappa shape index (κ1) is 19.2. The summed E-state index contributed by atoms with van der Waals surface area (Å²) in [6.07, 6.45) is 7.62. The third-order valence-electron chi connectivity index (χ3n) is 5.21. The molecule has 2 aliphatic rings. The molecule has 0 unspecified atom stereocenters. The molecule has 128 valence electrons. The van der Waals surface area contributed by atoms with Crippen LogP contribution in [0.1, 0.15) is 51.4 Å². The van der Waals surface area contributed by atoms with Gasteiger partial charge in [0.05, 0.1) is 5.41 Å². The predicted molar refractivity (Wildman–Crippen MR) is 89.8 cm³/mol. The van der Waals surface area contributed by atoms with Crippen molar-refractivity contribution in [3.8, 4) is 0 Å². The number of carbonyl (C=O) groups excluding carboxylic acids is 2. The fourth-order valence-corrected chi connectivity index (χ4v) is 3.89. The molecule has 0 aromatic heterocycles. The standard InChI is InChI=1S/C16H29N3O2.ClH/c1-19(2)15(21)16(8-3-4-9-16)11-18-14(20)10-12-6-5-7-13(12)17;/h12-13H,3-11,17H2,1-2H3,(H,18,20);1H/t12-,13+;/m0./s1. The van der Waals surface area contributed by atoms with Crippen LogP contribution in [0.3, 0.4) is 0 Å². The highest BCUT2D eigenvalue weighted by molar-refractivity contribution is 5.85. The van der Waals surface area contributed by atoms with Gasteiger partial charge in [0.2, 0.25) is 11.8 Å². The Labute approximate surface area is 139 Å². The van der Waals surface area contributed by atoms with Gasteiger partial charge in [-0.3, -0.25) is 9.59 Å². The monoisotopic (exact) mass is 331 g/mol. The Morgan fingerprint density at radius 3 is 2.32 bits per heavy atom. The highest BCUT2D eigenvalue weighted by Crippen LogP contribution is 2.39. The van der Waals surface area contributed by atoms with Crippen molar-refractivity contribution in [2.45, 2.75) is 57.4 Å². The summed E-state index contributed by atoms with van der Waals surface area (Å²) >= 11 is 0. The molecule has 0 heterocycles. The second-order valence-electron chi connectivity index (χ2n) is 7.02. The number of rotatable bonds is 5. The van der Waals surface area contributed by atoms with Crippen molar-refractivity contribution >= 4 is 24.2 Å². The van der Waals surface area contributed by atoms with E-state index < -0.39 is 0 Å². The van der Waals surface area contributed by atoms with Gasteiger partial charge < -0.3 is 16.0 Å². The van der Waals surface area contributed by atoms with E-state index in [9.17, 15) is 9.59 Å². The largest absolute Gasteiger partial charge is 0.355 e. The summed E-state index contributed by atoms with van der Waals surface area (Å²) in [6.45, 7) is 0.477. The molecule has 2 rings (SSSR count). The third-order valence-corrected chi connectivity index (χ3v) is 5.21. The van der Waals surface area contributed by atoms with Gasteiger partial charge in [-0.2, -0.15) is 0 Å². The molecule has 0 aliphatic heterocycles. The van der Waals surface area contributed by atoms with Gasteiger partial charge >= 0.3 is 0 Å². The summed E-state index contributed by atoms with van der Waals surface area (Å²) < 4.78 is 0. The van der Waals surface area contributed by atoms with Crippen molar-refractivity contribution < 1.29 is 9.59 Å². The molecule has 0 spiro atoms. The molecule has 2 aliphatic carbocycles. The number of hydrogen-bond donors (Lipinski definition) is 2. The van der Waals surface area contributed by atoms with E-state index in [-0.39, 0.29) is 35.7 Å². The Bertz CT molecular complexity index is 395. The van der Waals surface area contributed by atoms with Gasteiger partial charge in [0.25, 0.3) is 0 Å². The van der Waals surface area contributed by atoms with Crippen LogP contribution in [0.2, 0.25) is 0 Å². The number of amides is 2. The first-order valence-corrected chi connectivity index (χ1v) is 8.19. The third kappa shape index (κ3) is 4.35. The minimum atomic E-state index is -0.378. The summed E-state index contributed by atoms with van der Waals surface area (Å²) in [7, 11) is 3.59. The molecule has 6 heteroatoms. The smallest absolute Gasteiger partial charge is 0.230 e. The van der Waals surface area contributed by atoms with Crippen LogP contribution >= 0.6 is 12.4 Å². The maximum Gasteiger partial charge on any atom is 0.230 e. The first-order valence-electron chi connectivity index (χ1n) is 8.19. The van der Waals surface area contributed by atoms with Gasteiger partial charge in [-0.15, -0.1) is 12.4 Å². The number of hydrogen-bond acceptors (Lipinski definition) is 3. The van der Waals surface area contributed by atoms with Crippen molar-refractivity contribution in [2.24, 2.45) is 17.1 Å². The van der Waals surface area contributed by atoms with E-state index in [0.717, 1.165) is 44.9 Å². The van der Waals surface area contributed by atoms with Gasteiger partial charge in [-0.05, 0) is 31.6 Å². The fourth-order valence-electron chi connectivity index (χ4n) is 3.89. The SMILES string of the molecule is CN(C)C(=O)C1(CNC(=O)C[C@@H]2CCC[C@H]2N)CCCC1.Cl. The summed E-state index contributed by atoms with van der Waals surface area (Å²) in [5.41, 5.74) is 5.64.